The van der Waals surface area contributed by atoms with Gasteiger partial charge in [-0.1, -0.05) is 43.1 Å². The monoisotopic (exact) mass is 437 g/mol. The lowest BCUT2D eigenvalue weighted by Gasteiger charge is -2.19. The number of carbonyl (C=O) groups is 3. The number of rotatable bonds is 3. The number of halogens is 2. The summed E-state index contributed by atoms with van der Waals surface area (Å²) in [4.78, 5) is 44.7. The van der Waals surface area contributed by atoms with E-state index in [0.29, 0.717) is 24.4 Å². The van der Waals surface area contributed by atoms with Gasteiger partial charge < -0.3 is 0 Å². The summed E-state index contributed by atoms with van der Waals surface area (Å²) in [6.07, 6.45) is 3.75. The lowest BCUT2D eigenvalue weighted by molar-refractivity contribution is -0.125. The van der Waals surface area contributed by atoms with Gasteiger partial charge >= 0.3 is 0 Å². The molecule has 9 heteroatoms. The van der Waals surface area contributed by atoms with Crippen LogP contribution in [-0.4, -0.2) is 40.1 Å². The molecule has 3 amide bonds. The second-order valence-electron chi connectivity index (χ2n) is 7.57. The molecule has 0 radical (unpaired) electrons. The van der Waals surface area contributed by atoms with Crippen molar-refractivity contribution in [3.8, 4) is 0 Å². The fourth-order valence-corrected chi connectivity index (χ4v) is 5.48. The molecule has 4 rings (SSSR count). The first-order chi connectivity index (χ1) is 13.8. The van der Waals surface area contributed by atoms with Crippen LogP contribution >= 0.6 is 23.4 Å². The summed E-state index contributed by atoms with van der Waals surface area (Å²) in [5.74, 6) is -2.25. The quantitative estimate of drug-likeness (QED) is 0.666. The average molecular weight is 438 g/mol. The van der Waals surface area contributed by atoms with Gasteiger partial charge in [0.25, 0.3) is 0 Å². The minimum Gasteiger partial charge on any atom is -0.293 e. The van der Waals surface area contributed by atoms with Crippen LogP contribution in [0.5, 0.6) is 0 Å². The fourth-order valence-electron chi connectivity index (χ4n) is 4.21. The topological polar surface area (TPSA) is 70.1 Å². The number of benzene rings is 1. The van der Waals surface area contributed by atoms with E-state index in [9.17, 15) is 18.8 Å². The molecule has 3 atom stereocenters. The van der Waals surface area contributed by atoms with Crippen molar-refractivity contribution in [2.45, 2.75) is 44.3 Å². The van der Waals surface area contributed by atoms with Crippen LogP contribution in [0.2, 0.25) is 5.02 Å². The summed E-state index contributed by atoms with van der Waals surface area (Å²) in [5, 5.41) is 0.285. The zero-order valence-electron chi connectivity index (χ0n) is 16.2. The molecular formula is C20H21ClFN3O3S. The third kappa shape index (κ3) is 3.36. The number of fused-ring (bicyclic) bond motifs is 1. The van der Waals surface area contributed by atoms with Crippen molar-refractivity contribution in [1.29, 1.82) is 0 Å². The molecule has 0 spiro atoms. The van der Waals surface area contributed by atoms with Crippen LogP contribution in [0.1, 0.15) is 39.0 Å². The highest BCUT2D eigenvalue weighted by atomic mass is 35.5. The number of amidine groups is 1. The molecule has 0 N–H and O–H groups in total. The predicted molar refractivity (Wildman–Crippen MR) is 111 cm³/mol. The Morgan fingerprint density at radius 1 is 1.14 bits per heavy atom. The van der Waals surface area contributed by atoms with Gasteiger partial charge in [-0.3, -0.25) is 19.3 Å². The van der Waals surface area contributed by atoms with E-state index >= 15 is 0 Å². The van der Waals surface area contributed by atoms with Crippen molar-refractivity contribution in [3.63, 3.8) is 0 Å². The van der Waals surface area contributed by atoms with Crippen molar-refractivity contribution in [1.82, 2.24) is 4.90 Å². The van der Waals surface area contributed by atoms with Crippen LogP contribution in [0.25, 0.3) is 0 Å². The van der Waals surface area contributed by atoms with Gasteiger partial charge in [0.2, 0.25) is 17.7 Å². The number of hydrogen-bond donors (Lipinski definition) is 0. The lowest BCUT2D eigenvalue weighted by Crippen LogP contribution is -2.31. The highest BCUT2D eigenvalue weighted by Crippen LogP contribution is 2.43. The molecule has 2 aliphatic heterocycles. The summed E-state index contributed by atoms with van der Waals surface area (Å²) in [6, 6.07) is 2.40. The maximum atomic E-state index is 14.7. The van der Waals surface area contributed by atoms with Crippen LogP contribution in [0.4, 0.5) is 15.8 Å². The molecule has 0 bridgehead atoms. The standard InChI is InChI=1S/C20H21ClFN3O3S/c1-3-16-19(28)24(2)20(29-16)23-14-9-15(13(22)8-12(14)21)25-17(26)10-6-4-5-7-11(10)18(25)27/h8-11,16H,3-7H2,1-2H3. The molecule has 29 heavy (non-hydrogen) atoms. The molecule has 1 aromatic carbocycles. The Hall–Kier alpha value is -1.93. The molecule has 3 fully saturated rings. The lowest BCUT2D eigenvalue weighted by atomic mass is 9.81. The first-order valence-electron chi connectivity index (χ1n) is 9.73. The third-order valence-electron chi connectivity index (χ3n) is 5.83. The smallest absolute Gasteiger partial charge is 0.241 e. The SMILES string of the molecule is CCC1SC(=Nc2cc(N3C(=O)C4CCCCC4C3=O)c(F)cc2Cl)N(C)C1=O. The minimum atomic E-state index is -0.741. The van der Waals surface area contributed by atoms with E-state index in [1.807, 2.05) is 6.92 Å². The van der Waals surface area contributed by atoms with E-state index in [1.165, 1.54) is 22.7 Å². The number of anilines is 1. The molecule has 3 aliphatic rings. The molecule has 0 aromatic heterocycles. The minimum absolute atomic E-state index is 0.0521. The summed E-state index contributed by atoms with van der Waals surface area (Å²) in [5.41, 5.74) is 0.0969. The number of hydrogen-bond acceptors (Lipinski definition) is 5. The largest absolute Gasteiger partial charge is 0.293 e. The summed E-state index contributed by atoms with van der Waals surface area (Å²) >= 11 is 7.50. The van der Waals surface area contributed by atoms with Crippen molar-refractivity contribution >= 4 is 57.6 Å². The number of thioether (sulfide) groups is 1. The van der Waals surface area contributed by atoms with Gasteiger partial charge in [0.05, 0.1) is 33.5 Å². The molecule has 1 aliphatic carbocycles. The van der Waals surface area contributed by atoms with Crippen molar-refractivity contribution < 1.29 is 18.8 Å². The Labute approximate surface area is 177 Å². The summed E-state index contributed by atoms with van der Waals surface area (Å²) < 4.78 is 14.7. The van der Waals surface area contributed by atoms with E-state index in [-0.39, 0.29) is 51.2 Å². The van der Waals surface area contributed by atoms with E-state index in [1.54, 1.807) is 7.05 Å². The number of nitrogens with zero attached hydrogens (tertiary/aromatic N) is 3. The van der Waals surface area contributed by atoms with Crippen molar-refractivity contribution in [2.24, 2.45) is 16.8 Å². The van der Waals surface area contributed by atoms with Gasteiger partial charge in [-0.15, -0.1) is 0 Å². The van der Waals surface area contributed by atoms with E-state index < -0.39 is 5.82 Å². The van der Waals surface area contributed by atoms with Crippen LogP contribution < -0.4 is 4.90 Å². The molecule has 2 heterocycles. The Kier molecular flexibility index (Phi) is 5.42. The van der Waals surface area contributed by atoms with Crippen LogP contribution in [0.3, 0.4) is 0 Å². The maximum absolute atomic E-state index is 14.7. The fraction of sp³-hybridized carbons (Fsp3) is 0.500. The summed E-state index contributed by atoms with van der Waals surface area (Å²) in [6.45, 7) is 1.92. The van der Waals surface area contributed by atoms with E-state index in [2.05, 4.69) is 4.99 Å². The van der Waals surface area contributed by atoms with Gasteiger partial charge in [-0.25, -0.2) is 14.3 Å². The Morgan fingerprint density at radius 3 is 2.31 bits per heavy atom. The normalized spacial score (nSPS) is 28.6. The zero-order chi connectivity index (χ0) is 20.9. The molecule has 154 valence electrons. The number of aliphatic imine (C=N–C) groups is 1. The van der Waals surface area contributed by atoms with Gasteiger partial charge in [-0.2, -0.15) is 0 Å². The third-order valence-corrected chi connectivity index (χ3v) is 7.52. The predicted octanol–water partition coefficient (Wildman–Crippen LogP) is 4.13. The molecule has 2 saturated heterocycles. The second-order valence-corrected chi connectivity index (χ2v) is 9.15. The van der Waals surface area contributed by atoms with Gasteiger partial charge in [0.15, 0.2) is 5.17 Å². The summed E-state index contributed by atoms with van der Waals surface area (Å²) in [7, 11) is 1.63. The number of carbonyl (C=O) groups excluding carboxylic acids is 3. The molecule has 3 unspecified atom stereocenters. The van der Waals surface area contributed by atoms with Gasteiger partial charge in [0.1, 0.15) is 5.82 Å². The Balaban J connectivity index is 1.72. The van der Waals surface area contributed by atoms with Crippen LogP contribution in [-0.2, 0) is 14.4 Å². The van der Waals surface area contributed by atoms with Gasteiger partial charge in [0, 0.05) is 7.05 Å². The molecular weight excluding hydrogens is 417 g/mol. The van der Waals surface area contributed by atoms with E-state index in [4.69, 9.17) is 11.6 Å². The van der Waals surface area contributed by atoms with Crippen molar-refractivity contribution in [3.05, 3.63) is 23.0 Å². The van der Waals surface area contributed by atoms with Gasteiger partial charge in [-0.05, 0) is 31.4 Å². The van der Waals surface area contributed by atoms with Crippen LogP contribution in [0, 0.1) is 17.7 Å². The number of amides is 3. The van der Waals surface area contributed by atoms with Crippen LogP contribution in [0.15, 0.2) is 17.1 Å². The average Bonchev–Trinajstić information content (AvgIpc) is 3.12. The first kappa shape index (κ1) is 20.3. The number of imide groups is 1. The highest BCUT2D eigenvalue weighted by molar-refractivity contribution is 8.15. The maximum Gasteiger partial charge on any atom is 0.241 e. The van der Waals surface area contributed by atoms with E-state index in [0.717, 1.165) is 23.8 Å². The molecule has 6 nitrogen and oxygen atoms in total. The zero-order valence-corrected chi connectivity index (χ0v) is 17.7. The second kappa shape index (κ2) is 7.72. The molecule has 1 saturated carbocycles. The Bertz CT molecular complexity index is 914. The Morgan fingerprint density at radius 2 is 1.76 bits per heavy atom. The van der Waals surface area contributed by atoms with Crippen molar-refractivity contribution in [2.75, 3.05) is 11.9 Å². The molecule has 1 aromatic rings. The first-order valence-corrected chi connectivity index (χ1v) is 11.0. The highest BCUT2D eigenvalue weighted by Gasteiger charge is 2.49.